The molecule has 0 atom stereocenters. The third-order valence-corrected chi connectivity index (χ3v) is 4.93. The Balaban J connectivity index is 1.35. The van der Waals surface area contributed by atoms with Gasteiger partial charge in [-0.15, -0.1) is 0 Å². The van der Waals surface area contributed by atoms with Crippen molar-refractivity contribution in [2.24, 2.45) is 0 Å². The number of carbonyl (C=O) groups is 1. The number of hydrogen-bond acceptors (Lipinski definition) is 3. The van der Waals surface area contributed by atoms with Crippen molar-refractivity contribution in [1.82, 2.24) is 9.78 Å². The molecular formula is C23H17Cl2N3O2. The molecule has 30 heavy (non-hydrogen) atoms. The second kappa shape index (κ2) is 9.03. The van der Waals surface area contributed by atoms with E-state index in [9.17, 15) is 4.79 Å². The van der Waals surface area contributed by atoms with Crippen LogP contribution in [0.25, 0.3) is 5.69 Å². The van der Waals surface area contributed by atoms with E-state index in [2.05, 4.69) is 10.4 Å². The van der Waals surface area contributed by atoms with Crippen LogP contribution in [0.4, 0.5) is 5.69 Å². The fourth-order valence-corrected chi connectivity index (χ4v) is 3.29. The van der Waals surface area contributed by atoms with E-state index in [1.54, 1.807) is 41.2 Å². The van der Waals surface area contributed by atoms with E-state index in [4.69, 9.17) is 27.9 Å². The van der Waals surface area contributed by atoms with Crippen LogP contribution in [0.3, 0.4) is 0 Å². The molecular weight excluding hydrogens is 421 g/mol. The Hall–Kier alpha value is -3.28. The van der Waals surface area contributed by atoms with E-state index in [-0.39, 0.29) is 5.91 Å². The Morgan fingerprint density at radius 3 is 2.43 bits per heavy atom. The lowest BCUT2D eigenvalue weighted by molar-refractivity contribution is 0.102. The summed E-state index contributed by atoms with van der Waals surface area (Å²) in [7, 11) is 0. The molecule has 0 radical (unpaired) electrons. The highest BCUT2D eigenvalue weighted by molar-refractivity contribution is 6.35. The second-order valence-corrected chi connectivity index (χ2v) is 7.36. The van der Waals surface area contributed by atoms with Crippen molar-refractivity contribution in [3.63, 3.8) is 0 Å². The Bertz CT molecular complexity index is 1140. The van der Waals surface area contributed by atoms with Gasteiger partial charge in [0.1, 0.15) is 12.4 Å². The molecule has 0 aliphatic rings. The molecule has 1 amide bonds. The number of nitrogens with one attached hydrogen (secondary N) is 1. The zero-order chi connectivity index (χ0) is 20.9. The van der Waals surface area contributed by atoms with Gasteiger partial charge in [0.05, 0.1) is 10.7 Å². The maximum absolute atomic E-state index is 12.5. The van der Waals surface area contributed by atoms with Crippen LogP contribution in [0.1, 0.15) is 15.9 Å². The van der Waals surface area contributed by atoms with Crippen LogP contribution in [0.2, 0.25) is 10.0 Å². The number of halogens is 2. The largest absolute Gasteiger partial charge is 0.487 e. The summed E-state index contributed by atoms with van der Waals surface area (Å²) in [5.74, 6) is 0.372. The summed E-state index contributed by atoms with van der Waals surface area (Å²) in [5, 5.41) is 8.08. The van der Waals surface area contributed by atoms with Crippen LogP contribution in [-0.2, 0) is 6.61 Å². The predicted molar refractivity (Wildman–Crippen MR) is 119 cm³/mol. The van der Waals surface area contributed by atoms with E-state index in [1.807, 2.05) is 48.7 Å². The average Bonchev–Trinajstić information content (AvgIpc) is 3.29. The summed E-state index contributed by atoms with van der Waals surface area (Å²) in [6.45, 7) is 0.331. The molecule has 0 aliphatic carbocycles. The SMILES string of the molecule is O=C(Nc1ccc(-n2cccn2)cc1)c1ccc(COc2ccc(Cl)cc2Cl)cc1. The lowest BCUT2D eigenvalue weighted by atomic mass is 10.1. The maximum atomic E-state index is 12.5. The molecule has 1 aromatic heterocycles. The Morgan fingerprint density at radius 2 is 1.77 bits per heavy atom. The van der Waals surface area contributed by atoms with Gasteiger partial charge in [-0.1, -0.05) is 35.3 Å². The number of anilines is 1. The summed E-state index contributed by atoms with van der Waals surface area (Å²) in [5.41, 5.74) is 3.10. The number of nitrogens with zero attached hydrogens (tertiary/aromatic N) is 2. The first-order chi connectivity index (χ1) is 14.6. The highest BCUT2D eigenvalue weighted by atomic mass is 35.5. The van der Waals surface area contributed by atoms with Crippen LogP contribution >= 0.6 is 23.2 Å². The topological polar surface area (TPSA) is 56.2 Å². The molecule has 4 aromatic rings. The number of ether oxygens (including phenoxy) is 1. The minimum atomic E-state index is -0.185. The summed E-state index contributed by atoms with van der Waals surface area (Å²) in [6, 6.07) is 21.6. The quantitative estimate of drug-likeness (QED) is 0.401. The van der Waals surface area contributed by atoms with Crippen molar-refractivity contribution >= 4 is 34.8 Å². The van der Waals surface area contributed by atoms with Crippen molar-refractivity contribution in [1.29, 1.82) is 0 Å². The zero-order valence-electron chi connectivity index (χ0n) is 15.8. The van der Waals surface area contributed by atoms with Crippen molar-refractivity contribution in [3.8, 4) is 11.4 Å². The fourth-order valence-electron chi connectivity index (χ4n) is 2.83. The number of benzene rings is 3. The van der Waals surface area contributed by atoms with Crippen LogP contribution in [-0.4, -0.2) is 15.7 Å². The van der Waals surface area contributed by atoms with Crippen molar-refractivity contribution in [2.45, 2.75) is 6.61 Å². The van der Waals surface area contributed by atoms with Gasteiger partial charge in [-0.05, 0) is 66.2 Å². The molecule has 1 heterocycles. The summed E-state index contributed by atoms with van der Waals surface area (Å²) < 4.78 is 7.47. The molecule has 0 fully saturated rings. The molecule has 5 nitrogen and oxygen atoms in total. The van der Waals surface area contributed by atoms with Gasteiger partial charge < -0.3 is 10.1 Å². The van der Waals surface area contributed by atoms with Gasteiger partial charge in [0.25, 0.3) is 5.91 Å². The predicted octanol–water partition coefficient (Wildman–Crippen LogP) is 6.01. The van der Waals surface area contributed by atoms with Crippen LogP contribution in [0.15, 0.2) is 85.2 Å². The lowest BCUT2D eigenvalue weighted by Gasteiger charge is -2.10. The van der Waals surface area contributed by atoms with Crippen molar-refractivity contribution in [2.75, 3.05) is 5.32 Å². The maximum Gasteiger partial charge on any atom is 0.255 e. The zero-order valence-corrected chi connectivity index (χ0v) is 17.3. The van der Waals surface area contributed by atoms with Crippen LogP contribution < -0.4 is 10.1 Å². The molecule has 4 rings (SSSR count). The van der Waals surface area contributed by atoms with E-state index < -0.39 is 0 Å². The minimum absolute atomic E-state index is 0.185. The third kappa shape index (κ3) is 4.82. The Labute approximate surface area is 183 Å². The fraction of sp³-hybridized carbons (Fsp3) is 0.0435. The average molecular weight is 438 g/mol. The van der Waals surface area contributed by atoms with Gasteiger partial charge in [-0.25, -0.2) is 4.68 Å². The molecule has 0 bridgehead atoms. The van der Waals surface area contributed by atoms with E-state index >= 15 is 0 Å². The highest BCUT2D eigenvalue weighted by Crippen LogP contribution is 2.28. The van der Waals surface area contributed by atoms with E-state index in [1.165, 1.54) is 0 Å². The smallest absolute Gasteiger partial charge is 0.255 e. The molecule has 0 saturated carbocycles. The molecule has 0 spiro atoms. The van der Waals surface area contributed by atoms with Gasteiger partial charge in [-0.2, -0.15) is 5.10 Å². The Kier molecular flexibility index (Phi) is 6.02. The van der Waals surface area contributed by atoms with Gasteiger partial charge >= 0.3 is 0 Å². The van der Waals surface area contributed by atoms with Gasteiger partial charge in [0, 0.05) is 28.7 Å². The summed E-state index contributed by atoms with van der Waals surface area (Å²) in [4.78, 5) is 12.5. The van der Waals surface area contributed by atoms with Crippen LogP contribution in [0, 0.1) is 0 Å². The van der Waals surface area contributed by atoms with E-state index in [0.29, 0.717) is 33.7 Å². The molecule has 3 aromatic carbocycles. The second-order valence-electron chi connectivity index (χ2n) is 6.51. The van der Waals surface area contributed by atoms with Crippen LogP contribution in [0.5, 0.6) is 5.75 Å². The molecule has 0 unspecified atom stereocenters. The highest BCUT2D eigenvalue weighted by Gasteiger charge is 2.08. The molecule has 1 N–H and O–H groups in total. The van der Waals surface area contributed by atoms with Gasteiger partial charge in [0.2, 0.25) is 0 Å². The number of carbonyl (C=O) groups excluding carboxylic acids is 1. The number of aromatic nitrogens is 2. The Morgan fingerprint density at radius 1 is 1.00 bits per heavy atom. The molecule has 7 heteroatoms. The minimum Gasteiger partial charge on any atom is -0.487 e. The number of amides is 1. The first kappa shape index (κ1) is 20.0. The van der Waals surface area contributed by atoms with Gasteiger partial charge in [-0.3, -0.25) is 4.79 Å². The van der Waals surface area contributed by atoms with E-state index in [0.717, 1.165) is 11.3 Å². The normalized spacial score (nSPS) is 10.6. The molecule has 150 valence electrons. The number of rotatable bonds is 6. The van der Waals surface area contributed by atoms with Gasteiger partial charge in [0.15, 0.2) is 0 Å². The standard InChI is InChI=1S/C23H17Cl2N3O2/c24-18-6-11-22(21(25)14-18)30-15-16-2-4-17(5-3-16)23(29)27-19-7-9-20(10-8-19)28-13-1-12-26-28/h1-14H,15H2,(H,27,29). The first-order valence-corrected chi connectivity index (χ1v) is 9.92. The molecule has 0 saturated heterocycles. The van der Waals surface area contributed by atoms with Crippen molar-refractivity contribution < 1.29 is 9.53 Å². The number of hydrogen-bond donors (Lipinski definition) is 1. The molecule has 0 aliphatic heterocycles. The monoisotopic (exact) mass is 437 g/mol. The lowest BCUT2D eigenvalue weighted by Crippen LogP contribution is -2.12. The summed E-state index contributed by atoms with van der Waals surface area (Å²) >= 11 is 12.0. The first-order valence-electron chi connectivity index (χ1n) is 9.17. The van der Waals surface area contributed by atoms with Crippen molar-refractivity contribution in [3.05, 3.63) is 106 Å². The third-order valence-electron chi connectivity index (χ3n) is 4.40. The summed E-state index contributed by atoms with van der Waals surface area (Å²) in [6.07, 6.45) is 3.58.